The molecule has 0 bridgehead atoms. The number of rotatable bonds is 6. The van der Waals surface area contributed by atoms with Crippen LogP contribution in [0.4, 0.5) is 0 Å². The first kappa shape index (κ1) is 14.3. The lowest BCUT2D eigenvalue weighted by atomic mass is 10.3. The van der Waals surface area contributed by atoms with E-state index in [0.29, 0.717) is 12.8 Å². The molecule has 0 radical (unpaired) electrons. The van der Waals surface area contributed by atoms with Gasteiger partial charge in [-0.15, -0.1) is 0 Å². The molecule has 1 unspecified atom stereocenters. The maximum Gasteiger partial charge on any atom is 0.306 e. The number of amides is 1. The van der Waals surface area contributed by atoms with Gasteiger partial charge in [-0.3, -0.25) is 9.59 Å². The minimum Gasteiger partial charge on any atom is -0.469 e. The van der Waals surface area contributed by atoms with Crippen molar-refractivity contribution in [2.45, 2.75) is 25.0 Å². The van der Waals surface area contributed by atoms with Gasteiger partial charge in [-0.05, 0) is 0 Å². The molecule has 0 aromatic carbocycles. The maximum absolute atomic E-state index is 11.2. The van der Waals surface area contributed by atoms with Crippen LogP contribution in [0.25, 0.3) is 0 Å². The third-order valence-electron chi connectivity index (χ3n) is 1.90. The Kier molecular flexibility index (Phi) is 7.21. The van der Waals surface area contributed by atoms with Gasteiger partial charge in [0.2, 0.25) is 5.91 Å². The number of esters is 1. The second kappa shape index (κ2) is 7.56. The fourth-order valence-electron chi connectivity index (χ4n) is 0.948. The predicted molar refractivity (Wildman–Crippen MR) is 61.9 cm³/mol. The Morgan fingerprint density at radius 3 is 2.47 bits per heavy atom. The van der Waals surface area contributed by atoms with Gasteiger partial charge < -0.3 is 9.64 Å². The number of nitrogens with zero attached hydrogens (tertiary/aromatic N) is 1. The standard InChI is InChI=1S/C10H19NO3S/c1-8(7-10(13)14-4)15-6-5-9(12)11(2)3/h8H,5-7H2,1-4H3. The molecule has 1 atom stereocenters. The lowest BCUT2D eigenvalue weighted by Crippen LogP contribution is -2.22. The largest absolute Gasteiger partial charge is 0.469 e. The monoisotopic (exact) mass is 233 g/mol. The van der Waals surface area contributed by atoms with Crippen LogP contribution in [0.15, 0.2) is 0 Å². The summed E-state index contributed by atoms with van der Waals surface area (Å²) in [6, 6.07) is 0. The third-order valence-corrected chi connectivity index (χ3v) is 3.07. The molecule has 0 aromatic rings. The van der Waals surface area contributed by atoms with Crippen LogP contribution in [-0.2, 0) is 14.3 Å². The molecule has 1 amide bonds. The Hall–Kier alpha value is -0.710. The van der Waals surface area contributed by atoms with Gasteiger partial charge in [0.15, 0.2) is 0 Å². The lowest BCUT2D eigenvalue weighted by Gasteiger charge is -2.12. The van der Waals surface area contributed by atoms with Gasteiger partial charge in [0.1, 0.15) is 0 Å². The summed E-state index contributed by atoms with van der Waals surface area (Å²) >= 11 is 1.62. The molecular formula is C10H19NO3S. The van der Waals surface area contributed by atoms with Gasteiger partial charge in [0.25, 0.3) is 0 Å². The summed E-state index contributed by atoms with van der Waals surface area (Å²) in [5, 5.41) is 0.201. The summed E-state index contributed by atoms with van der Waals surface area (Å²) < 4.78 is 4.56. The van der Waals surface area contributed by atoms with E-state index in [1.807, 2.05) is 6.92 Å². The molecule has 4 nitrogen and oxygen atoms in total. The van der Waals surface area contributed by atoms with Crippen molar-refractivity contribution in [2.24, 2.45) is 0 Å². The predicted octanol–water partition coefficient (Wildman–Crippen LogP) is 1.15. The minimum absolute atomic E-state index is 0.118. The summed E-state index contributed by atoms with van der Waals surface area (Å²) in [5.41, 5.74) is 0. The van der Waals surface area contributed by atoms with Crippen LogP contribution in [0.5, 0.6) is 0 Å². The van der Waals surface area contributed by atoms with E-state index in [2.05, 4.69) is 4.74 Å². The van der Waals surface area contributed by atoms with E-state index in [4.69, 9.17) is 0 Å². The molecule has 0 heterocycles. The van der Waals surface area contributed by atoms with E-state index in [1.165, 1.54) is 7.11 Å². The zero-order chi connectivity index (χ0) is 11.8. The molecule has 88 valence electrons. The van der Waals surface area contributed by atoms with Crippen molar-refractivity contribution < 1.29 is 14.3 Å². The molecule has 0 rings (SSSR count). The number of carbonyl (C=O) groups excluding carboxylic acids is 2. The Labute approximate surface area is 95.3 Å². The highest BCUT2D eigenvalue weighted by molar-refractivity contribution is 7.99. The Balaban J connectivity index is 3.59. The molecule has 0 fully saturated rings. The molecule has 0 N–H and O–H groups in total. The molecule has 0 aromatic heterocycles. The summed E-state index contributed by atoms with van der Waals surface area (Å²) in [6.45, 7) is 1.96. The third kappa shape index (κ3) is 7.25. The Bertz CT molecular complexity index is 219. The second-order valence-corrected chi connectivity index (χ2v) is 5.05. The van der Waals surface area contributed by atoms with Crippen LogP contribution < -0.4 is 0 Å². The van der Waals surface area contributed by atoms with E-state index < -0.39 is 0 Å². The summed E-state index contributed by atoms with van der Waals surface area (Å²) in [4.78, 5) is 23.7. The first-order chi connectivity index (χ1) is 6.97. The normalized spacial score (nSPS) is 12.0. The van der Waals surface area contributed by atoms with Crippen LogP contribution in [0.2, 0.25) is 0 Å². The van der Waals surface area contributed by atoms with Gasteiger partial charge in [-0.25, -0.2) is 0 Å². The quantitative estimate of drug-likeness (QED) is 0.646. The fourth-order valence-corrected chi connectivity index (χ4v) is 1.90. The average Bonchev–Trinajstić information content (AvgIpc) is 2.17. The van der Waals surface area contributed by atoms with Gasteiger partial charge in [-0.2, -0.15) is 11.8 Å². The van der Waals surface area contributed by atoms with Crippen molar-refractivity contribution in [3.8, 4) is 0 Å². The maximum atomic E-state index is 11.2. The smallest absolute Gasteiger partial charge is 0.306 e. The number of methoxy groups -OCH3 is 1. The number of hydrogen-bond donors (Lipinski definition) is 0. The van der Waals surface area contributed by atoms with Crippen molar-refractivity contribution in [2.75, 3.05) is 27.0 Å². The molecular weight excluding hydrogens is 214 g/mol. The van der Waals surface area contributed by atoms with Gasteiger partial charge in [0, 0.05) is 31.5 Å². The number of carbonyl (C=O) groups is 2. The Morgan fingerprint density at radius 1 is 1.40 bits per heavy atom. The van der Waals surface area contributed by atoms with Gasteiger partial charge in [0.05, 0.1) is 13.5 Å². The molecule has 0 spiro atoms. The highest BCUT2D eigenvalue weighted by atomic mass is 32.2. The second-order valence-electron chi connectivity index (χ2n) is 3.50. The SMILES string of the molecule is COC(=O)CC(C)SCCC(=O)N(C)C. The van der Waals surface area contributed by atoms with Crippen LogP contribution >= 0.6 is 11.8 Å². The number of ether oxygens (including phenoxy) is 1. The summed E-state index contributed by atoms with van der Waals surface area (Å²) in [5.74, 6) is 0.663. The number of hydrogen-bond acceptors (Lipinski definition) is 4. The van der Waals surface area contributed by atoms with E-state index in [-0.39, 0.29) is 17.1 Å². The van der Waals surface area contributed by atoms with E-state index >= 15 is 0 Å². The van der Waals surface area contributed by atoms with Crippen LogP contribution in [-0.4, -0.2) is 49.0 Å². The molecule has 15 heavy (non-hydrogen) atoms. The zero-order valence-corrected chi connectivity index (χ0v) is 10.6. The Morgan fingerprint density at radius 2 is 2.00 bits per heavy atom. The molecule has 5 heteroatoms. The fraction of sp³-hybridized carbons (Fsp3) is 0.800. The van der Waals surface area contributed by atoms with Crippen LogP contribution in [0.1, 0.15) is 19.8 Å². The van der Waals surface area contributed by atoms with Crippen molar-refractivity contribution in [1.29, 1.82) is 0 Å². The van der Waals surface area contributed by atoms with Crippen molar-refractivity contribution in [3.05, 3.63) is 0 Å². The van der Waals surface area contributed by atoms with Crippen LogP contribution in [0, 0.1) is 0 Å². The summed E-state index contributed by atoms with van der Waals surface area (Å²) in [7, 11) is 4.87. The highest BCUT2D eigenvalue weighted by Crippen LogP contribution is 2.15. The minimum atomic E-state index is -0.200. The topological polar surface area (TPSA) is 46.6 Å². The molecule has 0 aliphatic heterocycles. The first-order valence-electron chi connectivity index (χ1n) is 4.86. The summed E-state index contributed by atoms with van der Waals surface area (Å²) in [6.07, 6.45) is 0.917. The molecule has 0 aliphatic rings. The highest BCUT2D eigenvalue weighted by Gasteiger charge is 2.10. The van der Waals surface area contributed by atoms with Crippen molar-refractivity contribution in [1.82, 2.24) is 4.90 Å². The van der Waals surface area contributed by atoms with E-state index in [0.717, 1.165) is 5.75 Å². The van der Waals surface area contributed by atoms with E-state index in [9.17, 15) is 9.59 Å². The van der Waals surface area contributed by atoms with Crippen molar-refractivity contribution in [3.63, 3.8) is 0 Å². The van der Waals surface area contributed by atoms with Crippen LogP contribution in [0.3, 0.4) is 0 Å². The number of thioether (sulfide) groups is 1. The average molecular weight is 233 g/mol. The first-order valence-corrected chi connectivity index (χ1v) is 5.90. The molecule has 0 aliphatic carbocycles. The molecule has 0 saturated heterocycles. The van der Waals surface area contributed by atoms with Gasteiger partial charge in [-0.1, -0.05) is 6.92 Å². The van der Waals surface area contributed by atoms with E-state index in [1.54, 1.807) is 30.8 Å². The van der Waals surface area contributed by atoms with Gasteiger partial charge >= 0.3 is 5.97 Å². The lowest BCUT2D eigenvalue weighted by molar-refractivity contribution is -0.140. The zero-order valence-electron chi connectivity index (χ0n) is 9.78. The molecule has 0 saturated carbocycles. The van der Waals surface area contributed by atoms with Crippen molar-refractivity contribution >= 4 is 23.6 Å².